The Morgan fingerprint density at radius 1 is 1.25 bits per heavy atom. The molecule has 0 unspecified atom stereocenters. The number of hydrogen-bond acceptors (Lipinski definition) is 1. The first-order chi connectivity index (χ1) is 3.56. The van der Waals surface area contributed by atoms with Crippen LogP contribution in [0.2, 0.25) is 0 Å². The van der Waals surface area contributed by atoms with Gasteiger partial charge in [-0.2, -0.15) is 0 Å². The smallest absolute Gasteiger partial charge is 0.0198 e. The predicted molar refractivity (Wildman–Crippen MR) is 40.8 cm³/mol. The van der Waals surface area contributed by atoms with Crippen LogP contribution >= 0.6 is 11.8 Å². The highest BCUT2D eigenvalue weighted by molar-refractivity contribution is 8.05. The summed E-state index contributed by atoms with van der Waals surface area (Å²) in [6.45, 7) is 8.32. The van der Waals surface area contributed by atoms with Crippen LogP contribution in [0.25, 0.3) is 0 Å². The van der Waals surface area contributed by atoms with Gasteiger partial charge in [-0.3, -0.25) is 0 Å². The summed E-state index contributed by atoms with van der Waals surface area (Å²) >= 11 is 1.67. The van der Waals surface area contributed by atoms with Crippen molar-refractivity contribution in [2.24, 2.45) is 0 Å². The maximum atomic E-state index is 2.95. The molecule has 0 saturated carbocycles. The molecule has 8 heavy (non-hydrogen) atoms. The minimum atomic E-state index is 0.295. The summed E-state index contributed by atoms with van der Waals surface area (Å²) in [6.07, 6.45) is 0. The van der Waals surface area contributed by atoms with E-state index in [9.17, 15) is 0 Å². The van der Waals surface area contributed by atoms with Crippen LogP contribution in [0.5, 0.6) is 0 Å². The van der Waals surface area contributed by atoms with E-state index in [1.165, 1.54) is 0 Å². The lowest BCUT2D eigenvalue weighted by Gasteiger charge is -2.11. The third-order valence-electron chi connectivity index (χ3n) is 0.459. The SMILES string of the molecule is CC#CSC(C)(C)C. The molecule has 0 radical (unpaired) electrons. The molecule has 0 heterocycles. The van der Waals surface area contributed by atoms with Crippen LogP contribution in [0.15, 0.2) is 0 Å². The molecule has 46 valence electrons. The van der Waals surface area contributed by atoms with Crippen molar-refractivity contribution < 1.29 is 0 Å². The summed E-state index contributed by atoms with van der Waals surface area (Å²) in [5, 5.41) is 2.95. The van der Waals surface area contributed by atoms with Crippen molar-refractivity contribution in [3.05, 3.63) is 0 Å². The first-order valence-corrected chi connectivity index (χ1v) is 3.47. The molecule has 0 bridgehead atoms. The van der Waals surface area contributed by atoms with E-state index in [4.69, 9.17) is 0 Å². The summed E-state index contributed by atoms with van der Waals surface area (Å²) in [4.78, 5) is 0. The monoisotopic (exact) mass is 128 g/mol. The molecule has 1 heteroatoms. The van der Waals surface area contributed by atoms with Crippen LogP contribution < -0.4 is 0 Å². The summed E-state index contributed by atoms with van der Waals surface area (Å²) in [6, 6.07) is 0. The first-order valence-electron chi connectivity index (χ1n) is 2.66. The average molecular weight is 128 g/mol. The Morgan fingerprint density at radius 3 is 1.88 bits per heavy atom. The Bertz CT molecular complexity index is 109. The van der Waals surface area contributed by atoms with Gasteiger partial charge in [0.05, 0.1) is 0 Å². The van der Waals surface area contributed by atoms with Gasteiger partial charge in [-0.15, -0.1) is 0 Å². The van der Waals surface area contributed by atoms with E-state index in [2.05, 4.69) is 31.9 Å². The van der Waals surface area contributed by atoms with Gasteiger partial charge in [-0.05, 0) is 12.2 Å². The largest absolute Gasteiger partial charge is 0.0947 e. The van der Waals surface area contributed by atoms with Crippen LogP contribution in [0.4, 0.5) is 0 Å². The lowest BCUT2D eigenvalue weighted by atomic mass is 10.3. The zero-order chi connectivity index (χ0) is 6.62. The quantitative estimate of drug-likeness (QED) is 0.452. The lowest BCUT2D eigenvalue weighted by Crippen LogP contribution is -2.04. The van der Waals surface area contributed by atoms with Crippen molar-refractivity contribution in [1.29, 1.82) is 0 Å². The van der Waals surface area contributed by atoms with Crippen molar-refractivity contribution in [3.8, 4) is 11.2 Å². The standard InChI is InChI=1S/C7H12S/c1-5-6-8-7(2,3)4/h1-4H3. The Morgan fingerprint density at radius 2 is 1.75 bits per heavy atom. The van der Waals surface area contributed by atoms with Crippen molar-refractivity contribution in [2.45, 2.75) is 32.4 Å². The number of thioether (sulfide) groups is 1. The molecular weight excluding hydrogens is 116 g/mol. The highest BCUT2D eigenvalue weighted by Crippen LogP contribution is 2.20. The van der Waals surface area contributed by atoms with Crippen molar-refractivity contribution >= 4 is 11.8 Å². The van der Waals surface area contributed by atoms with Crippen molar-refractivity contribution in [2.75, 3.05) is 0 Å². The molecule has 0 nitrogen and oxygen atoms in total. The van der Waals surface area contributed by atoms with E-state index in [0.29, 0.717) is 4.75 Å². The van der Waals surface area contributed by atoms with Crippen LogP contribution in [0, 0.1) is 11.2 Å². The zero-order valence-electron chi connectivity index (χ0n) is 5.91. The fraction of sp³-hybridized carbons (Fsp3) is 0.714. The molecule has 0 aromatic rings. The van der Waals surface area contributed by atoms with E-state index in [0.717, 1.165) is 0 Å². The molecule has 0 atom stereocenters. The van der Waals surface area contributed by atoms with Crippen molar-refractivity contribution in [1.82, 2.24) is 0 Å². The third-order valence-corrected chi connectivity index (χ3v) is 1.38. The molecule has 0 amide bonds. The number of rotatable bonds is 0. The summed E-state index contributed by atoms with van der Waals surface area (Å²) < 4.78 is 0.295. The minimum absolute atomic E-state index is 0.295. The molecule has 0 rings (SSSR count). The van der Waals surface area contributed by atoms with Gasteiger partial charge >= 0.3 is 0 Å². The molecule has 0 fully saturated rings. The molecule has 0 N–H and O–H groups in total. The Kier molecular flexibility index (Phi) is 3.01. The Balaban J connectivity index is 3.50. The molecule has 0 saturated heterocycles. The van der Waals surface area contributed by atoms with E-state index in [1.54, 1.807) is 11.8 Å². The maximum absolute atomic E-state index is 2.95. The van der Waals surface area contributed by atoms with Crippen LogP contribution in [-0.2, 0) is 0 Å². The molecule has 0 spiro atoms. The highest BCUT2D eigenvalue weighted by Gasteiger charge is 2.07. The topological polar surface area (TPSA) is 0 Å². The average Bonchev–Trinajstić information content (AvgIpc) is 1.59. The van der Waals surface area contributed by atoms with E-state index in [1.807, 2.05) is 6.92 Å². The third kappa shape index (κ3) is 5.91. The highest BCUT2D eigenvalue weighted by atomic mass is 32.2. The van der Waals surface area contributed by atoms with E-state index >= 15 is 0 Å². The molecule has 0 aliphatic rings. The van der Waals surface area contributed by atoms with E-state index in [-0.39, 0.29) is 0 Å². The molecule has 0 aromatic carbocycles. The van der Waals surface area contributed by atoms with Crippen LogP contribution in [-0.4, -0.2) is 4.75 Å². The fourth-order valence-electron chi connectivity index (χ4n) is 0.204. The van der Waals surface area contributed by atoms with Crippen molar-refractivity contribution in [3.63, 3.8) is 0 Å². The second-order valence-corrected chi connectivity index (χ2v) is 4.20. The van der Waals surface area contributed by atoms with Gasteiger partial charge < -0.3 is 0 Å². The Hall–Kier alpha value is -0.0900. The first kappa shape index (κ1) is 7.91. The summed E-state index contributed by atoms with van der Waals surface area (Å²) in [5.41, 5.74) is 0. The second-order valence-electron chi connectivity index (χ2n) is 2.57. The lowest BCUT2D eigenvalue weighted by molar-refractivity contribution is 0.808. The van der Waals surface area contributed by atoms with Gasteiger partial charge in [0, 0.05) is 4.75 Å². The van der Waals surface area contributed by atoms with Gasteiger partial charge in [0.25, 0.3) is 0 Å². The molecule has 0 aliphatic heterocycles. The normalized spacial score (nSPS) is 10.0. The van der Waals surface area contributed by atoms with Gasteiger partial charge in [0.15, 0.2) is 0 Å². The maximum Gasteiger partial charge on any atom is 0.0198 e. The zero-order valence-corrected chi connectivity index (χ0v) is 6.72. The number of hydrogen-bond donors (Lipinski definition) is 0. The second kappa shape index (κ2) is 3.04. The summed E-state index contributed by atoms with van der Waals surface area (Å²) in [5.74, 6) is 2.84. The Labute approximate surface area is 56.1 Å². The van der Waals surface area contributed by atoms with Gasteiger partial charge in [-0.25, -0.2) is 0 Å². The van der Waals surface area contributed by atoms with Crippen LogP contribution in [0.3, 0.4) is 0 Å². The fourth-order valence-corrected chi connectivity index (χ4v) is 0.612. The molecule has 0 aromatic heterocycles. The van der Waals surface area contributed by atoms with Crippen LogP contribution in [0.1, 0.15) is 27.7 Å². The van der Waals surface area contributed by atoms with Gasteiger partial charge in [-0.1, -0.05) is 38.5 Å². The molecular formula is C7H12S. The minimum Gasteiger partial charge on any atom is -0.0947 e. The summed E-state index contributed by atoms with van der Waals surface area (Å²) in [7, 11) is 0. The molecule has 0 aliphatic carbocycles. The van der Waals surface area contributed by atoms with Gasteiger partial charge in [0.1, 0.15) is 0 Å². The van der Waals surface area contributed by atoms with Gasteiger partial charge in [0.2, 0.25) is 0 Å². The predicted octanol–water partition coefficient (Wildman–Crippen LogP) is 2.50. The van der Waals surface area contributed by atoms with E-state index < -0.39 is 0 Å².